The monoisotopic (exact) mass is 314 g/mol. The van der Waals surface area contributed by atoms with E-state index >= 15 is 0 Å². The molecule has 0 saturated carbocycles. The molecular formula is C15H11FN4OS. The Kier molecular flexibility index (Phi) is 4.06. The van der Waals surface area contributed by atoms with Crippen LogP contribution in [-0.4, -0.2) is 22.3 Å². The molecule has 22 heavy (non-hydrogen) atoms. The van der Waals surface area contributed by atoms with Crippen molar-refractivity contribution in [2.75, 3.05) is 0 Å². The number of H-pyrrole nitrogens is 1. The van der Waals surface area contributed by atoms with Gasteiger partial charge in [-0.05, 0) is 35.2 Å². The van der Waals surface area contributed by atoms with Gasteiger partial charge in [-0.15, -0.1) is 11.3 Å². The summed E-state index contributed by atoms with van der Waals surface area (Å²) in [6, 6.07) is 11.3. The number of hydrazone groups is 1. The number of carbonyl (C=O) groups is 1. The van der Waals surface area contributed by atoms with Crippen LogP contribution in [-0.2, 0) is 0 Å². The van der Waals surface area contributed by atoms with Gasteiger partial charge in [0, 0.05) is 0 Å². The van der Waals surface area contributed by atoms with Crippen LogP contribution in [0.2, 0.25) is 0 Å². The van der Waals surface area contributed by atoms with Crippen LogP contribution in [0.1, 0.15) is 16.1 Å². The van der Waals surface area contributed by atoms with Gasteiger partial charge in [-0.1, -0.05) is 18.2 Å². The standard InChI is InChI=1S/C15H11FN4OS/c16-11-5-3-10(4-6-11)9-17-20-15(21)13-8-12(18-19-13)14-2-1-7-22-14/h1-9H,(H,18,19)(H,20,21). The Morgan fingerprint density at radius 1 is 1.32 bits per heavy atom. The molecule has 0 unspecified atom stereocenters. The lowest BCUT2D eigenvalue weighted by molar-refractivity contribution is 0.0950. The number of nitrogens with one attached hydrogen (secondary N) is 2. The highest BCUT2D eigenvalue weighted by Crippen LogP contribution is 2.22. The van der Waals surface area contributed by atoms with Crippen LogP contribution in [0.15, 0.2) is 52.9 Å². The van der Waals surface area contributed by atoms with Crippen LogP contribution in [0.25, 0.3) is 10.6 Å². The summed E-state index contributed by atoms with van der Waals surface area (Å²) in [6.45, 7) is 0. The summed E-state index contributed by atoms with van der Waals surface area (Å²) in [5.41, 5.74) is 4.09. The lowest BCUT2D eigenvalue weighted by Gasteiger charge is -1.95. The van der Waals surface area contributed by atoms with Crippen molar-refractivity contribution in [1.82, 2.24) is 15.6 Å². The Bertz CT molecular complexity index is 793. The van der Waals surface area contributed by atoms with Crippen LogP contribution < -0.4 is 5.43 Å². The van der Waals surface area contributed by atoms with Gasteiger partial charge in [0.1, 0.15) is 5.82 Å². The molecule has 0 radical (unpaired) electrons. The predicted octanol–water partition coefficient (Wildman–Crippen LogP) is 3.04. The van der Waals surface area contributed by atoms with Crippen LogP contribution in [0.4, 0.5) is 4.39 Å². The van der Waals surface area contributed by atoms with Crippen LogP contribution in [0.5, 0.6) is 0 Å². The maximum Gasteiger partial charge on any atom is 0.291 e. The van der Waals surface area contributed by atoms with E-state index in [1.807, 2.05) is 17.5 Å². The first kappa shape index (κ1) is 14.2. The number of rotatable bonds is 4. The fourth-order valence-electron chi connectivity index (χ4n) is 1.77. The lowest BCUT2D eigenvalue weighted by atomic mass is 10.2. The summed E-state index contributed by atoms with van der Waals surface area (Å²) < 4.78 is 12.8. The third kappa shape index (κ3) is 3.26. The second kappa shape index (κ2) is 6.31. The summed E-state index contributed by atoms with van der Waals surface area (Å²) in [6.07, 6.45) is 1.43. The first-order valence-electron chi connectivity index (χ1n) is 6.40. The predicted molar refractivity (Wildman–Crippen MR) is 83.4 cm³/mol. The minimum absolute atomic E-state index is 0.250. The molecule has 2 heterocycles. The molecule has 0 aliphatic rings. The largest absolute Gasteiger partial charge is 0.291 e. The molecule has 2 N–H and O–H groups in total. The number of carbonyl (C=O) groups excluding carboxylic acids is 1. The number of halogens is 1. The van der Waals surface area contributed by atoms with Gasteiger partial charge in [-0.3, -0.25) is 9.89 Å². The topological polar surface area (TPSA) is 70.1 Å². The highest BCUT2D eigenvalue weighted by molar-refractivity contribution is 7.13. The molecule has 0 saturated heterocycles. The first-order chi connectivity index (χ1) is 10.7. The molecule has 0 atom stereocenters. The van der Waals surface area contributed by atoms with Crippen molar-refractivity contribution in [3.8, 4) is 10.6 Å². The van der Waals surface area contributed by atoms with Crippen molar-refractivity contribution in [2.24, 2.45) is 5.10 Å². The molecule has 1 amide bonds. The van der Waals surface area contributed by atoms with Gasteiger partial charge in [-0.2, -0.15) is 10.2 Å². The van der Waals surface area contributed by atoms with Gasteiger partial charge in [0.05, 0.1) is 16.8 Å². The molecule has 0 fully saturated rings. The molecular weight excluding hydrogens is 303 g/mol. The normalized spacial score (nSPS) is 11.0. The van der Waals surface area contributed by atoms with Gasteiger partial charge < -0.3 is 0 Å². The molecule has 3 aromatic rings. The van der Waals surface area contributed by atoms with E-state index in [2.05, 4.69) is 20.7 Å². The average molecular weight is 314 g/mol. The van der Waals surface area contributed by atoms with E-state index in [1.165, 1.54) is 18.3 Å². The SMILES string of the molecule is O=C(NN=Cc1ccc(F)cc1)c1cc(-c2cccs2)[nH]n1. The maximum atomic E-state index is 12.8. The van der Waals surface area contributed by atoms with Crippen molar-refractivity contribution >= 4 is 23.5 Å². The molecule has 3 rings (SSSR count). The minimum atomic E-state index is -0.419. The summed E-state index contributed by atoms with van der Waals surface area (Å²) in [7, 11) is 0. The third-order valence-electron chi connectivity index (χ3n) is 2.85. The zero-order chi connectivity index (χ0) is 15.4. The van der Waals surface area contributed by atoms with Gasteiger partial charge in [-0.25, -0.2) is 9.82 Å². The molecule has 1 aromatic carbocycles. The highest BCUT2D eigenvalue weighted by Gasteiger charge is 2.10. The Balaban J connectivity index is 1.63. The number of benzene rings is 1. The molecule has 0 aliphatic heterocycles. The average Bonchev–Trinajstić information content (AvgIpc) is 3.20. The van der Waals surface area contributed by atoms with E-state index < -0.39 is 5.91 Å². The van der Waals surface area contributed by atoms with E-state index in [0.29, 0.717) is 5.56 Å². The summed E-state index contributed by atoms with van der Waals surface area (Å²) >= 11 is 1.55. The van der Waals surface area contributed by atoms with E-state index in [9.17, 15) is 9.18 Å². The van der Waals surface area contributed by atoms with Crippen LogP contribution in [0, 0.1) is 5.82 Å². The number of aromatic nitrogens is 2. The maximum absolute atomic E-state index is 12.8. The van der Waals surface area contributed by atoms with Crippen LogP contribution in [0.3, 0.4) is 0 Å². The van der Waals surface area contributed by atoms with Crippen molar-refractivity contribution in [1.29, 1.82) is 0 Å². The van der Waals surface area contributed by atoms with Gasteiger partial charge in [0.25, 0.3) is 5.91 Å². The van der Waals surface area contributed by atoms with E-state index in [0.717, 1.165) is 10.6 Å². The number of hydrogen-bond acceptors (Lipinski definition) is 4. The summed E-state index contributed by atoms with van der Waals surface area (Å²) in [5.74, 6) is -0.740. The minimum Gasteiger partial charge on any atom is -0.276 e. The Hall–Kier alpha value is -2.80. The fraction of sp³-hybridized carbons (Fsp3) is 0. The summed E-state index contributed by atoms with van der Waals surface area (Å²) in [4.78, 5) is 12.9. The zero-order valence-corrected chi connectivity index (χ0v) is 12.1. The smallest absolute Gasteiger partial charge is 0.276 e. The summed E-state index contributed by atoms with van der Waals surface area (Å²) in [5, 5.41) is 12.5. The molecule has 110 valence electrons. The fourth-order valence-corrected chi connectivity index (χ4v) is 2.46. The number of hydrogen-bond donors (Lipinski definition) is 2. The van der Waals surface area contributed by atoms with Crippen molar-refractivity contribution < 1.29 is 9.18 Å². The third-order valence-corrected chi connectivity index (χ3v) is 3.75. The Labute approximate surface area is 129 Å². The zero-order valence-electron chi connectivity index (χ0n) is 11.3. The van der Waals surface area contributed by atoms with Crippen molar-refractivity contribution in [3.63, 3.8) is 0 Å². The quantitative estimate of drug-likeness (QED) is 0.574. The van der Waals surface area contributed by atoms with E-state index in [-0.39, 0.29) is 11.5 Å². The highest BCUT2D eigenvalue weighted by atomic mass is 32.1. The second-order valence-corrected chi connectivity index (χ2v) is 5.34. The lowest BCUT2D eigenvalue weighted by Crippen LogP contribution is -2.17. The molecule has 5 nitrogen and oxygen atoms in total. The van der Waals surface area contributed by atoms with Crippen LogP contribution >= 0.6 is 11.3 Å². The number of aromatic amines is 1. The number of amides is 1. The van der Waals surface area contributed by atoms with Gasteiger partial charge in [0.2, 0.25) is 0 Å². The van der Waals surface area contributed by atoms with E-state index in [1.54, 1.807) is 29.5 Å². The Morgan fingerprint density at radius 3 is 2.86 bits per heavy atom. The van der Waals surface area contributed by atoms with Gasteiger partial charge in [0.15, 0.2) is 5.69 Å². The molecule has 0 bridgehead atoms. The molecule has 7 heteroatoms. The molecule has 2 aromatic heterocycles. The van der Waals surface area contributed by atoms with Crippen molar-refractivity contribution in [2.45, 2.75) is 0 Å². The first-order valence-corrected chi connectivity index (χ1v) is 7.28. The number of thiophene rings is 1. The van der Waals surface area contributed by atoms with Crippen molar-refractivity contribution in [3.05, 3.63) is 64.9 Å². The Morgan fingerprint density at radius 2 is 2.14 bits per heavy atom. The van der Waals surface area contributed by atoms with E-state index in [4.69, 9.17) is 0 Å². The molecule has 0 spiro atoms. The second-order valence-electron chi connectivity index (χ2n) is 4.39. The number of nitrogens with zero attached hydrogens (tertiary/aromatic N) is 2. The molecule has 0 aliphatic carbocycles. The van der Waals surface area contributed by atoms with Gasteiger partial charge >= 0.3 is 0 Å².